The lowest BCUT2D eigenvalue weighted by Gasteiger charge is -2.06. The number of nitrogens with zero attached hydrogens (tertiary/aromatic N) is 4. The van der Waals surface area contributed by atoms with Gasteiger partial charge in [-0.15, -0.1) is 20.4 Å². The van der Waals surface area contributed by atoms with E-state index >= 15 is 0 Å². The summed E-state index contributed by atoms with van der Waals surface area (Å²) >= 11 is 3.46. The average molecular weight is 515 g/mol. The van der Waals surface area contributed by atoms with Crippen molar-refractivity contribution in [3.63, 3.8) is 0 Å². The molecule has 0 aliphatic rings. The van der Waals surface area contributed by atoms with Gasteiger partial charge in [0.05, 0.1) is 0 Å². The molecule has 5 aromatic rings. The fourth-order valence-corrected chi connectivity index (χ4v) is 6.37. The number of aryl methyl sites for hydroxylation is 2. The van der Waals surface area contributed by atoms with Gasteiger partial charge in [-0.25, -0.2) is 0 Å². The zero-order chi connectivity index (χ0) is 24.7. The van der Waals surface area contributed by atoms with Crippen LogP contribution >= 0.6 is 22.7 Å². The van der Waals surface area contributed by atoms with Gasteiger partial charge in [0, 0.05) is 24.0 Å². The van der Waals surface area contributed by atoms with Gasteiger partial charge >= 0.3 is 0 Å². The Morgan fingerprint density at radius 1 is 0.500 bits per heavy atom. The van der Waals surface area contributed by atoms with Crippen LogP contribution in [0.2, 0.25) is 0 Å². The monoisotopic (exact) mass is 514 g/mol. The first-order valence-electron chi connectivity index (χ1n) is 13.4. The SMILES string of the molecule is CCCCCCc1nnc(-c2ccc3cc4cc(-c5nnc(CCCCCC)s5)ccc4cc3c2)s1. The lowest BCUT2D eigenvalue weighted by Crippen LogP contribution is -1.84. The molecule has 0 radical (unpaired) electrons. The van der Waals surface area contributed by atoms with Gasteiger partial charge in [0.1, 0.15) is 20.0 Å². The molecular weight excluding hydrogens is 480 g/mol. The molecule has 36 heavy (non-hydrogen) atoms. The van der Waals surface area contributed by atoms with E-state index in [2.05, 4.69) is 82.8 Å². The van der Waals surface area contributed by atoms with Crippen molar-refractivity contribution >= 4 is 44.2 Å². The number of rotatable bonds is 12. The maximum Gasteiger partial charge on any atom is 0.147 e. The normalized spacial score (nSPS) is 11.6. The van der Waals surface area contributed by atoms with Crippen LogP contribution in [0.4, 0.5) is 0 Å². The third-order valence-electron chi connectivity index (χ3n) is 6.71. The summed E-state index contributed by atoms with van der Waals surface area (Å²) in [5, 5.41) is 27.1. The molecule has 186 valence electrons. The van der Waals surface area contributed by atoms with Crippen molar-refractivity contribution in [2.24, 2.45) is 0 Å². The molecule has 2 heterocycles. The van der Waals surface area contributed by atoms with E-state index in [0.29, 0.717) is 0 Å². The van der Waals surface area contributed by atoms with Gasteiger partial charge in [0.15, 0.2) is 0 Å². The van der Waals surface area contributed by atoms with Crippen molar-refractivity contribution in [3.05, 3.63) is 58.5 Å². The van der Waals surface area contributed by atoms with Crippen LogP contribution in [-0.2, 0) is 12.8 Å². The van der Waals surface area contributed by atoms with Crippen molar-refractivity contribution in [1.82, 2.24) is 20.4 Å². The summed E-state index contributed by atoms with van der Waals surface area (Å²) < 4.78 is 0. The van der Waals surface area contributed by atoms with E-state index in [1.807, 2.05) is 0 Å². The summed E-state index contributed by atoms with van der Waals surface area (Å²) in [6, 6.07) is 17.8. The summed E-state index contributed by atoms with van der Waals surface area (Å²) in [5.41, 5.74) is 2.30. The summed E-state index contributed by atoms with van der Waals surface area (Å²) in [4.78, 5) is 0. The first-order chi connectivity index (χ1) is 17.7. The van der Waals surface area contributed by atoms with E-state index in [0.717, 1.165) is 44.0 Å². The molecule has 0 N–H and O–H groups in total. The van der Waals surface area contributed by atoms with Crippen LogP contribution in [0.5, 0.6) is 0 Å². The molecule has 0 saturated heterocycles. The van der Waals surface area contributed by atoms with Crippen LogP contribution < -0.4 is 0 Å². The van der Waals surface area contributed by atoms with E-state index in [1.54, 1.807) is 22.7 Å². The van der Waals surface area contributed by atoms with E-state index in [9.17, 15) is 0 Å². The maximum atomic E-state index is 4.49. The van der Waals surface area contributed by atoms with Gasteiger partial charge in [-0.1, -0.05) is 99.3 Å². The predicted molar refractivity (Wildman–Crippen MR) is 155 cm³/mol. The number of hydrogen-bond acceptors (Lipinski definition) is 6. The minimum Gasteiger partial charge on any atom is -0.143 e. The second kappa shape index (κ2) is 12.0. The number of fused-ring (bicyclic) bond motifs is 2. The molecule has 0 saturated carbocycles. The fraction of sp³-hybridized carbons (Fsp3) is 0.400. The van der Waals surface area contributed by atoms with Crippen molar-refractivity contribution in [1.29, 1.82) is 0 Å². The van der Waals surface area contributed by atoms with Gasteiger partial charge in [0.2, 0.25) is 0 Å². The topological polar surface area (TPSA) is 51.6 Å². The molecule has 0 unspecified atom stereocenters. The van der Waals surface area contributed by atoms with E-state index in [4.69, 9.17) is 0 Å². The van der Waals surface area contributed by atoms with Gasteiger partial charge < -0.3 is 0 Å². The molecule has 0 atom stereocenters. The van der Waals surface area contributed by atoms with E-state index < -0.39 is 0 Å². The van der Waals surface area contributed by atoms with Crippen LogP contribution in [0.1, 0.15) is 75.2 Å². The molecule has 0 amide bonds. The molecule has 4 nitrogen and oxygen atoms in total. The molecule has 0 aliphatic carbocycles. The van der Waals surface area contributed by atoms with Gasteiger partial charge in [-0.3, -0.25) is 0 Å². The Balaban J connectivity index is 1.33. The minimum absolute atomic E-state index is 1.01. The first-order valence-corrected chi connectivity index (χ1v) is 15.0. The number of hydrogen-bond donors (Lipinski definition) is 0. The second-order valence-corrected chi connectivity index (χ2v) is 11.7. The Hall–Kier alpha value is -2.70. The standard InChI is InChI=1S/C30H34N4S2/c1-3-5-7-9-11-27-31-33-29(35-27)23-15-13-21-18-26-20-24(16-14-22(26)17-25(21)19-23)30-34-32-28(36-30)12-10-8-6-4-2/h13-20H,3-12H2,1-2H3. The Morgan fingerprint density at radius 2 is 0.972 bits per heavy atom. The highest BCUT2D eigenvalue weighted by molar-refractivity contribution is 7.15. The Labute approximate surface area is 221 Å². The third-order valence-corrected chi connectivity index (χ3v) is 8.78. The van der Waals surface area contributed by atoms with Crippen molar-refractivity contribution in [3.8, 4) is 21.1 Å². The highest BCUT2D eigenvalue weighted by atomic mass is 32.1. The largest absolute Gasteiger partial charge is 0.147 e. The molecule has 0 bridgehead atoms. The molecule has 0 aliphatic heterocycles. The Morgan fingerprint density at radius 3 is 1.42 bits per heavy atom. The molecule has 3 aromatic carbocycles. The van der Waals surface area contributed by atoms with Crippen LogP contribution in [-0.4, -0.2) is 20.4 Å². The lowest BCUT2D eigenvalue weighted by atomic mass is 10.0. The summed E-state index contributed by atoms with van der Waals surface area (Å²) in [5.74, 6) is 0. The summed E-state index contributed by atoms with van der Waals surface area (Å²) in [6.07, 6.45) is 12.1. The molecule has 6 heteroatoms. The summed E-state index contributed by atoms with van der Waals surface area (Å²) in [6.45, 7) is 4.49. The lowest BCUT2D eigenvalue weighted by molar-refractivity contribution is 0.663. The highest BCUT2D eigenvalue weighted by Crippen LogP contribution is 2.32. The number of unbranched alkanes of at least 4 members (excludes halogenated alkanes) is 6. The van der Waals surface area contributed by atoms with Crippen LogP contribution in [0.15, 0.2) is 48.5 Å². The zero-order valence-electron chi connectivity index (χ0n) is 21.3. The minimum atomic E-state index is 1.01. The molecule has 5 rings (SSSR count). The van der Waals surface area contributed by atoms with Crippen LogP contribution in [0.3, 0.4) is 0 Å². The van der Waals surface area contributed by atoms with Gasteiger partial charge in [0.25, 0.3) is 0 Å². The zero-order valence-corrected chi connectivity index (χ0v) is 22.9. The second-order valence-electron chi connectivity index (χ2n) is 9.60. The van der Waals surface area contributed by atoms with Crippen molar-refractivity contribution in [2.45, 2.75) is 78.1 Å². The average Bonchev–Trinajstić information content (AvgIpc) is 3.57. The molecule has 0 fully saturated rings. The van der Waals surface area contributed by atoms with E-state index in [-0.39, 0.29) is 0 Å². The molecule has 2 aromatic heterocycles. The van der Waals surface area contributed by atoms with Gasteiger partial charge in [-0.05, 0) is 58.7 Å². The number of aromatic nitrogens is 4. The van der Waals surface area contributed by atoms with Crippen LogP contribution in [0.25, 0.3) is 42.7 Å². The predicted octanol–water partition coefficient (Wildman–Crippen LogP) is 9.28. The maximum absolute atomic E-state index is 4.49. The van der Waals surface area contributed by atoms with E-state index in [1.165, 1.54) is 72.9 Å². The third kappa shape index (κ3) is 5.98. The fourth-order valence-electron chi connectivity index (χ4n) is 4.61. The quantitative estimate of drug-likeness (QED) is 0.123. The Kier molecular flexibility index (Phi) is 8.34. The van der Waals surface area contributed by atoms with Crippen molar-refractivity contribution in [2.75, 3.05) is 0 Å². The molecular formula is C30H34N4S2. The van der Waals surface area contributed by atoms with Crippen molar-refractivity contribution < 1.29 is 0 Å². The van der Waals surface area contributed by atoms with Gasteiger partial charge in [-0.2, -0.15) is 0 Å². The Bertz CT molecular complexity index is 1330. The first kappa shape index (κ1) is 25.0. The van der Waals surface area contributed by atoms with Crippen LogP contribution in [0, 0.1) is 0 Å². The summed E-state index contributed by atoms with van der Waals surface area (Å²) in [7, 11) is 0. The smallest absolute Gasteiger partial charge is 0.143 e. The molecule has 0 spiro atoms. The number of benzene rings is 3. The highest BCUT2D eigenvalue weighted by Gasteiger charge is 2.10.